The van der Waals surface area contributed by atoms with Crippen molar-refractivity contribution < 1.29 is 4.79 Å². The molecule has 1 saturated heterocycles. The van der Waals surface area contributed by atoms with Crippen molar-refractivity contribution in [3.05, 3.63) is 16.8 Å². The van der Waals surface area contributed by atoms with Crippen molar-refractivity contribution >= 4 is 11.7 Å². The first-order valence-corrected chi connectivity index (χ1v) is 7.85. The van der Waals surface area contributed by atoms with Gasteiger partial charge in [0, 0.05) is 19.6 Å². The Labute approximate surface area is 131 Å². The van der Waals surface area contributed by atoms with Gasteiger partial charge in [-0.3, -0.25) is 4.79 Å². The lowest BCUT2D eigenvalue weighted by molar-refractivity contribution is -0.125. The van der Waals surface area contributed by atoms with Crippen LogP contribution in [0.4, 0.5) is 5.82 Å². The fourth-order valence-electron chi connectivity index (χ4n) is 2.73. The molecule has 1 aromatic heterocycles. The van der Waals surface area contributed by atoms with E-state index in [-0.39, 0.29) is 11.8 Å². The zero-order chi connectivity index (χ0) is 16.1. The minimum atomic E-state index is -0.0461. The van der Waals surface area contributed by atoms with E-state index >= 15 is 0 Å². The van der Waals surface area contributed by atoms with Crippen molar-refractivity contribution in [2.45, 2.75) is 40.0 Å². The first-order valence-electron chi connectivity index (χ1n) is 7.85. The normalized spacial score (nSPS) is 17.9. The molecule has 2 rings (SSSR count). The van der Waals surface area contributed by atoms with Crippen LogP contribution < -0.4 is 10.2 Å². The molecule has 6 nitrogen and oxygen atoms in total. The zero-order valence-corrected chi connectivity index (χ0v) is 13.5. The Hall–Kier alpha value is -2.16. The maximum absolute atomic E-state index is 12.2. The van der Waals surface area contributed by atoms with Gasteiger partial charge in [-0.25, -0.2) is 0 Å². The highest BCUT2D eigenvalue weighted by Gasteiger charge is 2.28. The highest BCUT2D eigenvalue weighted by atomic mass is 16.1. The van der Waals surface area contributed by atoms with Crippen LogP contribution in [0.3, 0.4) is 0 Å². The van der Waals surface area contributed by atoms with Crippen LogP contribution >= 0.6 is 0 Å². The molecule has 118 valence electrons. The van der Waals surface area contributed by atoms with Gasteiger partial charge in [0.05, 0.1) is 11.6 Å². The van der Waals surface area contributed by atoms with Crippen molar-refractivity contribution in [2.24, 2.45) is 5.92 Å². The summed E-state index contributed by atoms with van der Waals surface area (Å²) in [6, 6.07) is 2.24. The monoisotopic (exact) mass is 301 g/mol. The predicted octanol–water partition coefficient (Wildman–Crippen LogP) is 1.71. The van der Waals surface area contributed by atoms with Gasteiger partial charge in [0.2, 0.25) is 5.91 Å². The fourth-order valence-corrected chi connectivity index (χ4v) is 2.73. The molecular weight excluding hydrogens is 278 g/mol. The lowest BCUT2D eigenvalue weighted by Crippen LogP contribution is -2.44. The molecule has 1 N–H and O–H groups in total. The predicted molar refractivity (Wildman–Crippen MR) is 84.5 cm³/mol. The lowest BCUT2D eigenvalue weighted by atomic mass is 9.96. The topological polar surface area (TPSA) is 81.9 Å². The molecule has 1 atom stereocenters. The summed E-state index contributed by atoms with van der Waals surface area (Å²) in [6.45, 7) is 7.90. The number of hydrogen-bond acceptors (Lipinski definition) is 5. The van der Waals surface area contributed by atoms with Gasteiger partial charge >= 0.3 is 0 Å². The van der Waals surface area contributed by atoms with Crippen molar-refractivity contribution in [1.82, 2.24) is 15.5 Å². The molecule has 0 spiro atoms. The Kier molecular flexibility index (Phi) is 5.31. The Bertz CT molecular complexity index is 593. The highest BCUT2D eigenvalue weighted by Crippen LogP contribution is 2.26. The van der Waals surface area contributed by atoms with E-state index in [1.165, 1.54) is 0 Å². The number of nitrogens with zero attached hydrogens (tertiary/aromatic N) is 4. The first-order chi connectivity index (χ1) is 10.6. The summed E-state index contributed by atoms with van der Waals surface area (Å²) >= 11 is 0. The van der Waals surface area contributed by atoms with E-state index in [4.69, 9.17) is 0 Å². The number of rotatable bonds is 4. The number of carbonyl (C=O) groups excluding carboxylic acids is 1. The molecule has 1 aromatic rings. The summed E-state index contributed by atoms with van der Waals surface area (Å²) in [7, 11) is 0. The lowest BCUT2D eigenvalue weighted by Gasteiger charge is -2.33. The molecule has 2 heterocycles. The van der Waals surface area contributed by atoms with E-state index in [1.807, 2.05) is 25.7 Å². The van der Waals surface area contributed by atoms with Gasteiger partial charge in [-0.1, -0.05) is 6.92 Å². The molecule has 1 aliphatic heterocycles. The largest absolute Gasteiger partial charge is 0.356 e. The van der Waals surface area contributed by atoms with Crippen molar-refractivity contribution in [3.63, 3.8) is 0 Å². The molecule has 0 radical (unpaired) electrons. The molecule has 0 aliphatic carbocycles. The molecule has 0 aromatic carbocycles. The van der Waals surface area contributed by atoms with E-state index in [0.29, 0.717) is 24.5 Å². The summed E-state index contributed by atoms with van der Waals surface area (Å²) < 4.78 is 0. The van der Waals surface area contributed by atoms with E-state index < -0.39 is 0 Å². The van der Waals surface area contributed by atoms with Crippen molar-refractivity contribution in [2.75, 3.05) is 24.5 Å². The van der Waals surface area contributed by atoms with Gasteiger partial charge < -0.3 is 10.2 Å². The quantitative estimate of drug-likeness (QED) is 0.915. The molecule has 1 unspecified atom stereocenters. The first kappa shape index (κ1) is 16.2. The van der Waals surface area contributed by atoms with E-state index in [0.717, 1.165) is 37.1 Å². The smallest absolute Gasteiger partial charge is 0.224 e. The Morgan fingerprint density at radius 2 is 2.23 bits per heavy atom. The summed E-state index contributed by atoms with van der Waals surface area (Å²) in [5.41, 5.74) is 2.21. The van der Waals surface area contributed by atoms with Gasteiger partial charge in [0.15, 0.2) is 5.82 Å². The number of nitriles is 1. The number of carbonyl (C=O) groups is 1. The Balaban J connectivity index is 2.18. The molecule has 1 amide bonds. The van der Waals surface area contributed by atoms with Crippen LogP contribution in [0.2, 0.25) is 0 Å². The van der Waals surface area contributed by atoms with Gasteiger partial charge in [-0.05, 0) is 38.7 Å². The van der Waals surface area contributed by atoms with Gasteiger partial charge in [0.1, 0.15) is 11.6 Å². The number of hydrogen-bond donors (Lipinski definition) is 1. The Morgan fingerprint density at radius 1 is 1.45 bits per heavy atom. The average Bonchev–Trinajstić information content (AvgIpc) is 2.55. The molecule has 1 fully saturated rings. The van der Waals surface area contributed by atoms with E-state index in [9.17, 15) is 10.1 Å². The maximum atomic E-state index is 12.2. The van der Waals surface area contributed by atoms with Crippen molar-refractivity contribution in [3.8, 4) is 6.07 Å². The number of amides is 1. The van der Waals surface area contributed by atoms with Gasteiger partial charge in [-0.2, -0.15) is 10.4 Å². The maximum Gasteiger partial charge on any atom is 0.224 e. The third-order valence-electron chi connectivity index (χ3n) is 4.19. The number of aromatic nitrogens is 2. The van der Waals surface area contributed by atoms with Crippen LogP contribution in [0.25, 0.3) is 0 Å². The van der Waals surface area contributed by atoms with Gasteiger partial charge in [-0.15, -0.1) is 5.10 Å². The van der Waals surface area contributed by atoms with Crippen LogP contribution in [0.5, 0.6) is 0 Å². The molecule has 1 aliphatic rings. The third-order valence-corrected chi connectivity index (χ3v) is 4.19. The standard InChI is InChI=1S/C16H23N5O/c1-4-7-18-16(22)13-6-5-8-21(10-13)15-14(9-17)11(2)12(3)19-20-15/h13H,4-8,10H2,1-3H3,(H,18,22). The van der Waals surface area contributed by atoms with Crippen LogP contribution in [-0.4, -0.2) is 35.7 Å². The SMILES string of the molecule is CCCNC(=O)C1CCCN(c2nnc(C)c(C)c2C#N)C1. The van der Waals surface area contributed by atoms with Crippen LogP contribution in [0.1, 0.15) is 43.0 Å². The van der Waals surface area contributed by atoms with Gasteiger partial charge in [0.25, 0.3) is 0 Å². The Morgan fingerprint density at radius 3 is 2.91 bits per heavy atom. The minimum absolute atomic E-state index is 0.0461. The molecule has 0 bridgehead atoms. The summed E-state index contributed by atoms with van der Waals surface area (Å²) in [6.07, 6.45) is 2.74. The highest BCUT2D eigenvalue weighted by molar-refractivity contribution is 5.79. The van der Waals surface area contributed by atoms with E-state index in [1.54, 1.807) is 0 Å². The molecule has 6 heteroatoms. The second-order valence-electron chi connectivity index (χ2n) is 5.80. The molecular formula is C16H23N5O. The zero-order valence-electron chi connectivity index (χ0n) is 13.5. The third kappa shape index (κ3) is 3.35. The summed E-state index contributed by atoms with van der Waals surface area (Å²) in [4.78, 5) is 14.2. The number of piperidine rings is 1. The summed E-state index contributed by atoms with van der Waals surface area (Å²) in [5.74, 6) is 0.663. The number of anilines is 1. The number of nitrogens with one attached hydrogen (secondary N) is 1. The molecule has 0 saturated carbocycles. The van der Waals surface area contributed by atoms with E-state index in [2.05, 4.69) is 21.6 Å². The average molecular weight is 301 g/mol. The second-order valence-corrected chi connectivity index (χ2v) is 5.80. The number of aryl methyl sites for hydroxylation is 1. The van der Waals surface area contributed by atoms with Crippen LogP contribution in [0.15, 0.2) is 0 Å². The van der Waals surface area contributed by atoms with Crippen LogP contribution in [-0.2, 0) is 4.79 Å². The second kappa shape index (κ2) is 7.21. The minimum Gasteiger partial charge on any atom is -0.356 e. The molecule has 22 heavy (non-hydrogen) atoms. The van der Waals surface area contributed by atoms with Crippen LogP contribution in [0, 0.1) is 31.1 Å². The summed E-state index contributed by atoms with van der Waals surface area (Å²) in [5, 5.41) is 20.7. The van der Waals surface area contributed by atoms with Crippen molar-refractivity contribution in [1.29, 1.82) is 5.26 Å². The fraction of sp³-hybridized carbons (Fsp3) is 0.625.